The lowest BCUT2D eigenvalue weighted by Crippen LogP contribution is -2.55. The molecule has 0 aliphatic carbocycles. The predicted octanol–water partition coefficient (Wildman–Crippen LogP) is 1.21. The van der Waals surface area contributed by atoms with Crippen molar-refractivity contribution in [2.45, 2.75) is 45.4 Å². The van der Waals surface area contributed by atoms with E-state index in [2.05, 4.69) is 0 Å². The van der Waals surface area contributed by atoms with Crippen molar-refractivity contribution in [3.8, 4) is 0 Å². The molecule has 1 aliphatic rings. The lowest BCUT2D eigenvalue weighted by Gasteiger charge is -2.38. The molecule has 5 nitrogen and oxygen atoms in total. The maximum atomic E-state index is 11.9. The molecular formula is C11H19NO4. The maximum Gasteiger partial charge on any atom is 0.411 e. The number of amides is 1. The van der Waals surface area contributed by atoms with Crippen LogP contribution >= 0.6 is 0 Å². The number of hydrogen-bond acceptors (Lipinski definition) is 4. The first kappa shape index (κ1) is 13.0. The van der Waals surface area contributed by atoms with E-state index in [9.17, 15) is 9.59 Å². The topological polar surface area (TPSA) is 55.8 Å². The van der Waals surface area contributed by atoms with E-state index in [1.807, 2.05) is 6.92 Å². The summed E-state index contributed by atoms with van der Waals surface area (Å²) < 4.78 is 10.5. The van der Waals surface area contributed by atoms with Crippen molar-refractivity contribution in [1.82, 2.24) is 4.90 Å². The Morgan fingerprint density at radius 2 is 2.06 bits per heavy atom. The van der Waals surface area contributed by atoms with Crippen LogP contribution in [0.3, 0.4) is 0 Å². The summed E-state index contributed by atoms with van der Waals surface area (Å²) in [5.41, 5.74) is -0.553. The highest BCUT2D eigenvalue weighted by Gasteiger charge is 2.35. The maximum absolute atomic E-state index is 11.9. The summed E-state index contributed by atoms with van der Waals surface area (Å²) in [5.74, 6) is 0. The zero-order valence-corrected chi connectivity index (χ0v) is 10.2. The lowest BCUT2D eigenvalue weighted by molar-refractivity contribution is -0.121. The standard InChI is InChI=1S/C11H19NO4/c1-8-6-15-7-9(5-13)12(8)10(14)16-11(2,3)4/h5,8-9H,6-7H2,1-4H3. The van der Waals surface area contributed by atoms with Gasteiger partial charge in [-0.15, -0.1) is 0 Å². The Balaban J connectivity index is 2.73. The van der Waals surface area contributed by atoms with Crippen molar-refractivity contribution in [3.05, 3.63) is 0 Å². The van der Waals surface area contributed by atoms with E-state index in [0.717, 1.165) is 6.29 Å². The second kappa shape index (κ2) is 4.82. The van der Waals surface area contributed by atoms with Crippen molar-refractivity contribution >= 4 is 12.4 Å². The molecule has 2 unspecified atom stereocenters. The minimum atomic E-state index is -0.553. The largest absolute Gasteiger partial charge is 0.444 e. The van der Waals surface area contributed by atoms with Crippen molar-refractivity contribution < 1.29 is 19.1 Å². The molecule has 1 rings (SSSR count). The summed E-state index contributed by atoms with van der Waals surface area (Å²) in [4.78, 5) is 24.2. The molecule has 1 fully saturated rings. The minimum absolute atomic E-state index is 0.140. The Morgan fingerprint density at radius 3 is 2.56 bits per heavy atom. The number of hydrogen-bond donors (Lipinski definition) is 0. The Hall–Kier alpha value is -1.10. The average molecular weight is 229 g/mol. The monoisotopic (exact) mass is 229 g/mol. The number of aldehydes is 1. The Kier molecular flexibility index (Phi) is 3.91. The SMILES string of the molecule is CC1COCC(C=O)N1C(=O)OC(C)(C)C. The first-order valence-corrected chi connectivity index (χ1v) is 5.39. The molecule has 0 bridgehead atoms. The molecule has 1 saturated heterocycles. The zero-order chi connectivity index (χ0) is 12.3. The van der Waals surface area contributed by atoms with Crippen molar-refractivity contribution in [2.24, 2.45) is 0 Å². The molecule has 1 aliphatic heterocycles. The van der Waals surface area contributed by atoms with Gasteiger partial charge in [-0.2, -0.15) is 0 Å². The highest BCUT2D eigenvalue weighted by Crippen LogP contribution is 2.17. The minimum Gasteiger partial charge on any atom is -0.444 e. The van der Waals surface area contributed by atoms with Crippen LogP contribution in [0.25, 0.3) is 0 Å². The van der Waals surface area contributed by atoms with Gasteiger partial charge in [0, 0.05) is 0 Å². The van der Waals surface area contributed by atoms with Gasteiger partial charge in [0.1, 0.15) is 17.9 Å². The van der Waals surface area contributed by atoms with Gasteiger partial charge in [0.05, 0.1) is 19.3 Å². The average Bonchev–Trinajstić information content (AvgIpc) is 2.14. The smallest absolute Gasteiger partial charge is 0.411 e. The molecule has 0 aromatic carbocycles. The summed E-state index contributed by atoms with van der Waals surface area (Å²) in [7, 11) is 0. The van der Waals surface area contributed by atoms with Crippen molar-refractivity contribution in [1.29, 1.82) is 0 Å². The molecule has 1 heterocycles. The van der Waals surface area contributed by atoms with Gasteiger partial charge in [0.2, 0.25) is 0 Å². The van der Waals surface area contributed by atoms with Gasteiger partial charge in [0.25, 0.3) is 0 Å². The fourth-order valence-corrected chi connectivity index (χ4v) is 1.58. The molecule has 0 spiro atoms. The van der Waals surface area contributed by atoms with E-state index in [4.69, 9.17) is 9.47 Å². The fourth-order valence-electron chi connectivity index (χ4n) is 1.58. The third-order valence-corrected chi connectivity index (χ3v) is 2.24. The van der Waals surface area contributed by atoms with Gasteiger partial charge < -0.3 is 14.3 Å². The van der Waals surface area contributed by atoms with Crippen LogP contribution in [-0.4, -0.2) is 48.2 Å². The Bertz CT molecular complexity index is 272. The summed E-state index contributed by atoms with van der Waals surface area (Å²) in [6.07, 6.45) is 0.264. The van der Waals surface area contributed by atoms with Crippen LogP contribution in [0.15, 0.2) is 0 Å². The highest BCUT2D eigenvalue weighted by atomic mass is 16.6. The Morgan fingerprint density at radius 1 is 1.44 bits per heavy atom. The van der Waals surface area contributed by atoms with Crippen LogP contribution in [0.2, 0.25) is 0 Å². The lowest BCUT2D eigenvalue weighted by atomic mass is 10.1. The quantitative estimate of drug-likeness (QED) is 0.634. The third-order valence-electron chi connectivity index (χ3n) is 2.24. The summed E-state index contributed by atoms with van der Waals surface area (Å²) in [5, 5.41) is 0. The number of nitrogens with zero attached hydrogens (tertiary/aromatic N) is 1. The van der Waals surface area contributed by atoms with Crippen LogP contribution in [0.5, 0.6) is 0 Å². The van der Waals surface area contributed by atoms with Gasteiger partial charge >= 0.3 is 6.09 Å². The van der Waals surface area contributed by atoms with Gasteiger partial charge in [-0.05, 0) is 27.7 Å². The molecular weight excluding hydrogens is 210 g/mol. The first-order chi connectivity index (χ1) is 7.35. The van der Waals surface area contributed by atoms with E-state index in [1.54, 1.807) is 20.8 Å². The van der Waals surface area contributed by atoms with E-state index < -0.39 is 17.7 Å². The molecule has 0 saturated carbocycles. The highest BCUT2D eigenvalue weighted by molar-refractivity contribution is 5.74. The number of ether oxygens (including phenoxy) is 2. The number of morpholine rings is 1. The van der Waals surface area contributed by atoms with E-state index >= 15 is 0 Å². The van der Waals surface area contributed by atoms with Gasteiger partial charge in [-0.25, -0.2) is 4.79 Å². The number of rotatable bonds is 1. The normalized spacial score (nSPS) is 26.4. The summed E-state index contributed by atoms with van der Waals surface area (Å²) in [6.45, 7) is 7.90. The molecule has 0 aromatic rings. The molecule has 16 heavy (non-hydrogen) atoms. The van der Waals surface area contributed by atoms with Crippen LogP contribution in [0.4, 0.5) is 4.79 Å². The second-order valence-corrected chi connectivity index (χ2v) is 4.98. The first-order valence-electron chi connectivity index (χ1n) is 5.39. The van der Waals surface area contributed by atoms with Crippen LogP contribution in [0, 0.1) is 0 Å². The van der Waals surface area contributed by atoms with E-state index in [1.165, 1.54) is 4.90 Å². The van der Waals surface area contributed by atoms with Crippen molar-refractivity contribution in [2.75, 3.05) is 13.2 Å². The number of carbonyl (C=O) groups is 2. The van der Waals surface area contributed by atoms with Crippen molar-refractivity contribution in [3.63, 3.8) is 0 Å². The van der Waals surface area contributed by atoms with Gasteiger partial charge in [-0.1, -0.05) is 0 Å². The number of carbonyl (C=O) groups excluding carboxylic acids is 2. The molecule has 2 atom stereocenters. The molecule has 92 valence electrons. The van der Waals surface area contributed by atoms with Crippen LogP contribution < -0.4 is 0 Å². The van der Waals surface area contributed by atoms with Gasteiger partial charge in [0.15, 0.2) is 0 Å². The summed E-state index contributed by atoms with van der Waals surface area (Å²) in [6, 6.07) is -0.683. The molecule has 0 N–H and O–H groups in total. The molecule has 0 radical (unpaired) electrons. The molecule has 0 aromatic heterocycles. The summed E-state index contributed by atoms with van der Waals surface area (Å²) >= 11 is 0. The van der Waals surface area contributed by atoms with Crippen LogP contribution in [0.1, 0.15) is 27.7 Å². The van der Waals surface area contributed by atoms with E-state index in [0.29, 0.717) is 6.61 Å². The van der Waals surface area contributed by atoms with Crippen LogP contribution in [-0.2, 0) is 14.3 Å². The van der Waals surface area contributed by atoms with E-state index in [-0.39, 0.29) is 12.6 Å². The Labute approximate surface area is 95.7 Å². The third kappa shape index (κ3) is 3.20. The fraction of sp³-hybridized carbons (Fsp3) is 0.818. The van der Waals surface area contributed by atoms with Gasteiger partial charge in [-0.3, -0.25) is 4.90 Å². The predicted molar refractivity (Wildman–Crippen MR) is 58.2 cm³/mol. The molecule has 1 amide bonds. The molecule has 5 heteroatoms. The zero-order valence-electron chi connectivity index (χ0n) is 10.2. The second-order valence-electron chi connectivity index (χ2n) is 4.98.